The number of piperazine rings is 1. The summed E-state index contributed by atoms with van der Waals surface area (Å²) in [6, 6.07) is 0. The first kappa shape index (κ1) is 12.0. The molecule has 0 saturated carbocycles. The van der Waals surface area contributed by atoms with Gasteiger partial charge in [0.1, 0.15) is 12.1 Å². The minimum absolute atomic E-state index is 0.741. The number of hydrogen-bond acceptors (Lipinski definition) is 5. The molecule has 16 heavy (non-hydrogen) atoms. The van der Waals surface area contributed by atoms with E-state index in [-0.39, 0.29) is 0 Å². The number of halogens is 1. The minimum atomic E-state index is 0.741. The molecule has 0 atom stereocenters. The van der Waals surface area contributed by atoms with Gasteiger partial charge in [0, 0.05) is 45.5 Å². The predicted octanol–water partition coefficient (Wildman–Crippen LogP) is 0.162. The summed E-state index contributed by atoms with van der Waals surface area (Å²) < 4.78 is 1.12. The van der Waals surface area contributed by atoms with Crippen LogP contribution in [-0.4, -0.2) is 54.1 Å². The lowest BCUT2D eigenvalue weighted by molar-refractivity contribution is 0.264. The quantitative estimate of drug-likeness (QED) is 0.799. The molecule has 2 heterocycles. The van der Waals surface area contributed by atoms with Crippen molar-refractivity contribution in [2.45, 2.75) is 0 Å². The minimum Gasteiger partial charge on any atom is -0.353 e. The average Bonchev–Trinajstić information content (AvgIpc) is 2.31. The van der Waals surface area contributed by atoms with Crippen molar-refractivity contribution in [3.05, 3.63) is 16.1 Å². The molecule has 0 radical (unpaired) electrons. The van der Waals surface area contributed by atoms with Crippen LogP contribution in [0.3, 0.4) is 0 Å². The normalized spacial score (nSPS) is 17.8. The molecule has 1 aliphatic heterocycles. The number of nitrogens with zero attached hydrogens (tertiary/aromatic N) is 4. The van der Waals surface area contributed by atoms with E-state index < -0.39 is 0 Å². The zero-order valence-electron chi connectivity index (χ0n) is 9.14. The zero-order valence-corrected chi connectivity index (χ0v) is 11.3. The smallest absolute Gasteiger partial charge is 0.145 e. The molecule has 6 heteroatoms. The van der Waals surface area contributed by atoms with Crippen molar-refractivity contribution in [3.63, 3.8) is 0 Å². The fourth-order valence-corrected chi connectivity index (χ4v) is 2.55. The van der Waals surface area contributed by atoms with Crippen LogP contribution in [0.4, 0.5) is 5.82 Å². The van der Waals surface area contributed by atoms with Gasteiger partial charge in [0.05, 0.1) is 3.57 Å². The van der Waals surface area contributed by atoms with Crippen LogP contribution in [0, 0.1) is 3.57 Å². The summed E-state index contributed by atoms with van der Waals surface area (Å²) >= 11 is 2.28. The van der Waals surface area contributed by atoms with E-state index in [0.29, 0.717) is 0 Å². The molecule has 0 unspecified atom stereocenters. The van der Waals surface area contributed by atoms with Crippen LogP contribution < -0.4 is 10.6 Å². The molecule has 1 aliphatic rings. The van der Waals surface area contributed by atoms with Gasteiger partial charge in [-0.05, 0) is 22.6 Å². The second-order valence-electron chi connectivity index (χ2n) is 3.81. The number of rotatable bonds is 3. The summed E-state index contributed by atoms with van der Waals surface area (Å²) in [6.07, 6.45) is 3.47. The van der Waals surface area contributed by atoms with Crippen LogP contribution in [0.2, 0.25) is 0 Å². The molecule has 0 bridgehead atoms. The van der Waals surface area contributed by atoms with E-state index in [1.165, 1.54) is 0 Å². The average molecular weight is 333 g/mol. The maximum absolute atomic E-state index is 5.55. The van der Waals surface area contributed by atoms with E-state index in [9.17, 15) is 0 Å². The van der Waals surface area contributed by atoms with Gasteiger partial charge in [0.25, 0.3) is 0 Å². The molecule has 1 aromatic heterocycles. The van der Waals surface area contributed by atoms with Crippen molar-refractivity contribution in [1.29, 1.82) is 0 Å². The first-order valence-corrected chi connectivity index (χ1v) is 6.52. The highest BCUT2D eigenvalue weighted by molar-refractivity contribution is 14.1. The first-order chi connectivity index (χ1) is 7.81. The third-order valence-electron chi connectivity index (χ3n) is 2.77. The largest absolute Gasteiger partial charge is 0.353 e. The molecular formula is C10H16IN5. The molecule has 0 spiro atoms. The van der Waals surface area contributed by atoms with Crippen molar-refractivity contribution in [2.24, 2.45) is 5.73 Å². The van der Waals surface area contributed by atoms with E-state index in [4.69, 9.17) is 5.73 Å². The molecule has 2 N–H and O–H groups in total. The Labute approximate surface area is 109 Å². The van der Waals surface area contributed by atoms with Gasteiger partial charge in [-0.2, -0.15) is 0 Å². The third kappa shape index (κ3) is 2.80. The lowest BCUT2D eigenvalue weighted by Crippen LogP contribution is -2.48. The lowest BCUT2D eigenvalue weighted by Gasteiger charge is -2.35. The van der Waals surface area contributed by atoms with Crippen LogP contribution in [0.1, 0.15) is 0 Å². The van der Waals surface area contributed by atoms with Gasteiger partial charge < -0.3 is 10.6 Å². The Morgan fingerprint density at radius 1 is 1.31 bits per heavy atom. The van der Waals surface area contributed by atoms with Gasteiger partial charge >= 0.3 is 0 Å². The van der Waals surface area contributed by atoms with Crippen molar-refractivity contribution >= 4 is 28.4 Å². The number of nitrogens with two attached hydrogens (primary N) is 1. The van der Waals surface area contributed by atoms with Gasteiger partial charge in [0.15, 0.2) is 0 Å². The molecule has 88 valence electrons. The monoisotopic (exact) mass is 333 g/mol. The van der Waals surface area contributed by atoms with Gasteiger partial charge in [-0.3, -0.25) is 4.90 Å². The fraction of sp³-hybridized carbons (Fsp3) is 0.600. The summed E-state index contributed by atoms with van der Waals surface area (Å²) in [6.45, 7) is 5.91. The number of aromatic nitrogens is 2. The Bertz CT molecular complexity index is 338. The van der Waals surface area contributed by atoms with Crippen LogP contribution >= 0.6 is 22.6 Å². The van der Waals surface area contributed by atoms with E-state index in [1.54, 1.807) is 6.33 Å². The second kappa shape index (κ2) is 5.74. The van der Waals surface area contributed by atoms with Gasteiger partial charge in [-0.25, -0.2) is 9.97 Å². The van der Waals surface area contributed by atoms with Gasteiger partial charge in [0.2, 0.25) is 0 Å². The number of hydrogen-bond donors (Lipinski definition) is 1. The number of anilines is 1. The highest BCUT2D eigenvalue weighted by Gasteiger charge is 2.18. The fourth-order valence-electron chi connectivity index (χ4n) is 1.90. The van der Waals surface area contributed by atoms with Crippen molar-refractivity contribution in [1.82, 2.24) is 14.9 Å². The zero-order chi connectivity index (χ0) is 11.4. The molecule has 1 aromatic rings. The van der Waals surface area contributed by atoms with Gasteiger partial charge in [-0.1, -0.05) is 0 Å². The molecule has 0 amide bonds. The second-order valence-corrected chi connectivity index (χ2v) is 4.97. The molecule has 0 aromatic carbocycles. The van der Waals surface area contributed by atoms with Crippen molar-refractivity contribution in [2.75, 3.05) is 44.2 Å². The van der Waals surface area contributed by atoms with Crippen LogP contribution in [0.15, 0.2) is 12.5 Å². The summed E-state index contributed by atoms with van der Waals surface area (Å²) in [5.74, 6) is 1.06. The predicted molar refractivity (Wildman–Crippen MR) is 72.5 cm³/mol. The molecule has 1 saturated heterocycles. The topological polar surface area (TPSA) is 58.3 Å². The summed E-state index contributed by atoms with van der Waals surface area (Å²) in [5.41, 5.74) is 5.55. The van der Waals surface area contributed by atoms with Gasteiger partial charge in [-0.15, -0.1) is 0 Å². The summed E-state index contributed by atoms with van der Waals surface area (Å²) in [5, 5.41) is 0. The lowest BCUT2D eigenvalue weighted by atomic mass is 10.3. The molecular weight excluding hydrogens is 317 g/mol. The maximum atomic E-state index is 5.55. The first-order valence-electron chi connectivity index (χ1n) is 5.44. The van der Waals surface area contributed by atoms with Crippen LogP contribution in [-0.2, 0) is 0 Å². The van der Waals surface area contributed by atoms with E-state index in [0.717, 1.165) is 48.7 Å². The maximum Gasteiger partial charge on any atom is 0.145 e. The standard InChI is InChI=1S/C10H16IN5/c11-9-7-13-8-14-10(9)16-5-3-15(2-1-12)4-6-16/h7-8H,1-6,12H2. The Hall–Kier alpha value is -0.470. The highest BCUT2D eigenvalue weighted by Crippen LogP contribution is 2.19. The van der Waals surface area contributed by atoms with E-state index >= 15 is 0 Å². The Morgan fingerprint density at radius 3 is 2.69 bits per heavy atom. The summed E-state index contributed by atoms with van der Waals surface area (Å²) in [4.78, 5) is 13.1. The molecule has 5 nitrogen and oxygen atoms in total. The Kier molecular flexibility index (Phi) is 4.30. The third-order valence-corrected chi connectivity index (χ3v) is 3.53. The SMILES string of the molecule is NCCN1CCN(c2ncncc2I)CC1. The van der Waals surface area contributed by atoms with Crippen molar-refractivity contribution in [3.8, 4) is 0 Å². The van der Waals surface area contributed by atoms with E-state index in [1.807, 2.05) is 6.20 Å². The summed E-state index contributed by atoms with van der Waals surface area (Å²) in [7, 11) is 0. The van der Waals surface area contributed by atoms with Crippen molar-refractivity contribution < 1.29 is 0 Å². The van der Waals surface area contributed by atoms with Crippen LogP contribution in [0.5, 0.6) is 0 Å². The molecule has 2 rings (SSSR count). The molecule has 0 aliphatic carbocycles. The van der Waals surface area contributed by atoms with Crippen LogP contribution in [0.25, 0.3) is 0 Å². The highest BCUT2D eigenvalue weighted by atomic mass is 127. The Morgan fingerprint density at radius 2 is 2.06 bits per heavy atom. The van der Waals surface area contributed by atoms with E-state index in [2.05, 4.69) is 42.4 Å². The molecule has 1 fully saturated rings. The Balaban J connectivity index is 1.96.